The van der Waals surface area contributed by atoms with Crippen molar-refractivity contribution >= 4 is 5.69 Å². The second kappa shape index (κ2) is 5.45. The first kappa shape index (κ1) is 12.2. The number of nitrogens with zero attached hydrogens (tertiary/aromatic N) is 1. The second-order valence-electron chi connectivity index (χ2n) is 4.85. The van der Waals surface area contributed by atoms with Crippen LogP contribution in [0.15, 0.2) is 34.9 Å². The Morgan fingerprint density at radius 2 is 2.16 bits per heavy atom. The number of hydrogen-bond acceptors (Lipinski definition) is 4. The van der Waals surface area contributed by atoms with Gasteiger partial charge in [0.1, 0.15) is 12.0 Å². The fourth-order valence-corrected chi connectivity index (χ4v) is 2.29. The quantitative estimate of drug-likeness (QED) is 0.914. The van der Waals surface area contributed by atoms with Gasteiger partial charge in [-0.05, 0) is 25.0 Å². The number of aromatic nitrogens is 1. The third-order valence-corrected chi connectivity index (χ3v) is 3.36. The highest BCUT2D eigenvalue weighted by molar-refractivity contribution is 5.61. The molecule has 0 aliphatic carbocycles. The van der Waals surface area contributed by atoms with Gasteiger partial charge in [0.2, 0.25) is 0 Å². The van der Waals surface area contributed by atoms with Crippen molar-refractivity contribution in [2.45, 2.75) is 25.9 Å². The summed E-state index contributed by atoms with van der Waals surface area (Å²) in [5.41, 5.74) is 3.06. The molecule has 1 aromatic carbocycles. The molecule has 3 rings (SSSR count). The smallest absolute Gasteiger partial charge is 0.191 e. The molecule has 0 radical (unpaired) electrons. The van der Waals surface area contributed by atoms with Crippen molar-refractivity contribution in [2.24, 2.45) is 0 Å². The average molecular weight is 258 g/mol. The Labute approximate surface area is 112 Å². The molecule has 1 aliphatic rings. The van der Waals surface area contributed by atoms with Crippen molar-refractivity contribution in [3.63, 3.8) is 0 Å². The lowest BCUT2D eigenvalue weighted by atomic mass is 10.1. The minimum absolute atomic E-state index is 0.359. The summed E-state index contributed by atoms with van der Waals surface area (Å²) in [5.74, 6) is 0.690. The lowest BCUT2D eigenvalue weighted by Crippen LogP contribution is -2.18. The molecule has 2 heterocycles. The molecule has 4 heteroatoms. The predicted octanol–water partition coefficient (Wildman–Crippen LogP) is 3.24. The van der Waals surface area contributed by atoms with Gasteiger partial charge in [-0.1, -0.05) is 12.1 Å². The van der Waals surface area contributed by atoms with Gasteiger partial charge in [0.25, 0.3) is 0 Å². The molecule has 0 saturated carbocycles. The summed E-state index contributed by atoms with van der Waals surface area (Å²) in [6.45, 7) is 3.63. The molecular weight excluding hydrogens is 240 g/mol. The van der Waals surface area contributed by atoms with Crippen LogP contribution in [0.25, 0.3) is 11.3 Å². The molecule has 2 aromatic rings. The lowest BCUT2D eigenvalue weighted by Gasteiger charge is -2.11. The summed E-state index contributed by atoms with van der Waals surface area (Å²) in [5, 5.41) is 3.40. The van der Waals surface area contributed by atoms with E-state index in [4.69, 9.17) is 9.15 Å². The standard InChI is InChI=1S/C15H18N2O2/c1-11-17-15(10-19-11)12-4-6-13(7-5-12)16-9-14-3-2-8-18-14/h4-7,10,14,16H,2-3,8-9H2,1H3. The molecule has 1 N–H and O–H groups in total. The molecule has 1 aliphatic heterocycles. The van der Waals surface area contributed by atoms with Crippen LogP contribution in [-0.2, 0) is 4.74 Å². The summed E-state index contributed by atoms with van der Waals surface area (Å²) < 4.78 is 10.8. The average Bonchev–Trinajstić information content (AvgIpc) is 3.08. The van der Waals surface area contributed by atoms with E-state index in [0.717, 1.165) is 36.5 Å². The fourth-order valence-electron chi connectivity index (χ4n) is 2.29. The van der Waals surface area contributed by atoms with Crippen molar-refractivity contribution in [3.8, 4) is 11.3 Å². The minimum atomic E-state index is 0.359. The van der Waals surface area contributed by atoms with Gasteiger partial charge in [-0.3, -0.25) is 0 Å². The summed E-state index contributed by atoms with van der Waals surface area (Å²) in [6, 6.07) is 8.23. The van der Waals surface area contributed by atoms with E-state index in [1.807, 2.05) is 6.92 Å². The number of nitrogens with one attached hydrogen (secondary N) is 1. The van der Waals surface area contributed by atoms with E-state index in [9.17, 15) is 0 Å². The monoisotopic (exact) mass is 258 g/mol. The molecule has 4 nitrogen and oxygen atoms in total. The molecule has 1 saturated heterocycles. The third kappa shape index (κ3) is 2.96. The summed E-state index contributed by atoms with van der Waals surface area (Å²) in [7, 11) is 0. The zero-order valence-corrected chi connectivity index (χ0v) is 11.1. The Morgan fingerprint density at radius 1 is 1.32 bits per heavy atom. The van der Waals surface area contributed by atoms with Crippen LogP contribution < -0.4 is 5.32 Å². The van der Waals surface area contributed by atoms with Crippen molar-refractivity contribution in [1.82, 2.24) is 4.98 Å². The van der Waals surface area contributed by atoms with Gasteiger partial charge in [0, 0.05) is 31.3 Å². The van der Waals surface area contributed by atoms with Crippen LogP contribution in [0, 0.1) is 6.92 Å². The molecule has 0 spiro atoms. The van der Waals surface area contributed by atoms with E-state index in [-0.39, 0.29) is 0 Å². The van der Waals surface area contributed by atoms with Crippen LogP contribution in [-0.4, -0.2) is 24.2 Å². The highest BCUT2D eigenvalue weighted by Gasteiger charge is 2.14. The van der Waals surface area contributed by atoms with Crippen LogP contribution in [0.1, 0.15) is 18.7 Å². The van der Waals surface area contributed by atoms with Gasteiger partial charge >= 0.3 is 0 Å². The van der Waals surface area contributed by atoms with E-state index >= 15 is 0 Å². The van der Waals surface area contributed by atoms with Crippen LogP contribution in [0.3, 0.4) is 0 Å². The van der Waals surface area contributed by atoms with Gasteiger partial charge in [0.15, 0.2) is 5.89 Å². The maximum Gasteiger partial charge on any atom is 0.191 e. The number of rotatable bonds is 4. The van der Waals surface area contributed by atoms with Crippen LogP contribution in [0.4, 0.5) is 5.69 Å². The Kier molecular flexibility index (Phi) is 3.51. The summed E-state index contributed by atoms with van der Waals surface area (Å²) >= 11 is 0. The van der Waals surface area contributed by atoms with Crippen molar-refractivity contribution in [3.05, 3.63) is 36.4 Å². The van der Waals surface area contributed by atoms with E-state index in [0.29, 0.717) is 12.0 Å². The number of ether oxygens (including phenoxy) is 1. The molecule has 1 fully saturated rings. The largest absolute Gasteiger partial charge is 0.449 e. The van der Waals surface area contributed by atoms with Crippen molar-refractivity contribution in [1.29, 1.82) is 0 Å². The topological polar surface area (TPSA) is 47.3 Å². The highest BCUT2D eigenvalue weighted by atomic mass is 16.5. The summed E-state index contributed by atoms with van der Waals surface area (Å²) in [6.07, 6.45) is 4.38. The normalized spacial score (nSPS) is 18.7. The zero-order chi connectivity index (χ0) is 13.1. The second-order valence-corrected chi connectivity index (χ2v) is 4.85. The number of aryl methyl sites for hydroxylation is 1. The van der Waals surface area contributed by atoms with Crippen molar-refractivity contribution < 1.29 is 9.15 Å². The lowest BCUT2D eigenvalue weighted by molar-refractivity contribution is 0.120. The Morgan fingerprint density at radius 3 is 2.79 bits per heavy atom. The molecular formula is C15H18N2O2. The van der Waals surface area contributed by atoms with Crippen LogP contribution in [0.2, 0.25) is 0 Å². The van der Waals surface area contributed by atoms with E-state index < -0.39 is 0 Å². The molecule has 0 bridgehead atoms. The van der Waals surface area contributed by atoms with Gasteiger partial charge in [0.05, 0.1) is 6.10 Å². The first-order chi connectivity index (χ1) is 9.31. The van der Waals surface area contributed by atoms with Gasteiger partial charge in [-0.15, -0.1) is 0 Å². The minimum Gasteiger partial charge on any atom is -0.449 e. The van der Waals surface area contributed by atoms with E-state index in [1.165, 1.54) is 6.42 Å². The van der Waals surface area contributed by atoms with Gasteiger partial charge in [-0.25, -0.2) is 4.98 Å². The predicted molar refractivity (Wildman–Crippen MR) is 74.1 cm³/mol. The highest BCUT2D eigenvalue weighted by Crippen LogP contribution is 2.21. The maximum absolute atomic E-state index is 5.59. The number of hydrogen-bond donors (Lipinski definition) is 1. The molecule has 100 valence electrons. The molecule has 1 aromatic heterocycles. The third-order valence-electron chi connectivity index (χ3n) is 3.36. The maximum atomic E-state index is 5.59. The zero-order valence-electron chi connectivity index (χ0n) is 11.1. The van der Waals surface area contributed by atoms with Crippen LogP contribution in [0.5, 0.6) is 0 Å². The Balaban J connectivity index is 1.62. The van der Waals surface area contributed by atoms with Crippen LogP contribution >= 0.6 is 0 Å². The SMILES string of the molecule is Cc1nc(-c2ccc(NCC3CCCO3)cc2)co1. The first-order valence-corrected chi connectivity index (χ1v) is 6.69. The van der Waals surface area contributed by atoms with Crippen molar-refractivity contribution in [2.75, 3.05) is 18.5 Å². The molecule has 19 heavy (non-hydrogen) atoms. The van der Waals surface area contributed by atoms with E-state index in [1.54, 1.807) is 6.26 Å². The molecule has 1 atom stereocenters. The number of anilines is 1. The molecule has 0 amide bonds. The first-order valence-electron chi connectivity index (χ1n) is 6.69. The summed E-state index contributed by atoms with van der Waals surface area (Å²) in [4.78, 5) is 4.31. The van der Waals surface area contributed by atoms with Gasteiger partial charge in [-0.2, -0.15) is 0 Å². The molecule has 1 unspecified atom stereocenters. The Hall–Kier alpha value is -1.81. The Bertz CT molecular complexity index is 527. The van der Waals surface area contributed by atoms with Gasteiger partial charge < -0.3 is 14.5 Å². The van der Waals surface area contributed by atoms with E-state index in [2.05, 4.69) is 34.6 Å². The fraction of sp³-hybridized carbons (Fsp3) is 0.400. The number of benzene rings is 1. The number of oxazole rings is 1.